The van der Waals surface area contributed by atoms with E-state index in [0.717, 1.165) is 12.0 Å². The molecule has 0 aliphatic carbocycles. The summed E-state index contributed by atoms with van der Waals surface area (Å²) in [6, 6.07) is 7.28. The standard InChI is InChI=1S/C14H19Cl2NO/c1-10(2)7-13(16)9-17-14(18)8-11-3-5-12(15)6-4-11/h3-6,10,13H,7-9H2,1-2H3,(H,17,18). The van der Waals surface area contributed by atoms with Gasteiger partial charge in [-0.3, -0.25) is 4.79 Å². The van der Waals surface area contributed by atoms with Crippen LogP contribution in [0, 0.1) is 5.92 Å². The molecule has 1 N–H and O–H groups in total. The van der Waals surface area contributed by atoms with Crippen molar-refractivity contribution in [1.82, 2.24) is 5.32 Å². The van der Waals surface area contributed by atoms with Gasteiger partial charge in [-0.25, -0.2) is 0 Å². The molecule has 0 spiro atoms. The summed E-state index contributed by atoms with van der Waals surface area (Å²) in [5.41, 5.74) is 0.951. The summed E-state index contributed by atoms with van der Waals surface area (Å²) in [4.78, 5) is 11.7. The first-order valence-electron chi connectivity index (χ1n) is 6.12. The Balaban J connectivity index is 2.31. The van der Waals surface area contributed by atoms with Crippen LogP contribution in [0.5, 0.6) is 0 Å². The van der Waals surface area contributed by atoms with E-state index in [2.05, 4.69) is 19.2 Å². The molecular formula is C14H19Cl2NO. The Bertz CT molecular complexity index is 376. The van der Waals surface area contributed by atoms with Crippen LogP contribution in [0.3, 0.4) is 0 Å². The van der Waals surface area contributed by atoms with E-state index in [9.17, 15) is 4.79 Å². The molecule has 1 rings (SSSR count). The SMILES string of the molecule is CC(C)CC(Cl)CNC(=O)Cc1ccc(Cl)cc1. The maximum atomic E-state index is 11.7. The van der Waals surface area contributed by atoms with Crippen LogP contribution >= 0.6 is 23.2 Å². The van der Waals surface area contributed by atoms with Gasteiger partial charge in [0.05, 0.1) is 11.8 Å². The van der Waals surface area contributed by atoms with Gasteiger partial charge < -0.3 is 5.32 Å². The van der Waals surface area contributed by atoms with E-state index in [1.54, 1.807) is 12.1 Å². The lowest BCUT2D eigenvalue weighted by Crippen LogP contribution is -2.31. The van der Waals surface area contributed by atoms with Gasteiger partial charge in [0.25, 0.3) is 0 Å². The lowest BCUT2D eigenvalue weighted by Gasteiger charge is -2.13. The van der Waals surface area contributed by atoms with Gasteiger partial charge in [0.1, 0.15) is 0 Å². The summed E-state index contributed by atoms with van der Waals surface area (Å²) < 4.78 is 0. The van der Waals surface area contributed by atoms with Gasteiger partial charge in [0, 0.05) is 11.6 Å². The summed E-state index contributed by atoms with van der Waals surface area (Å²) in [6.07, 6.45) is 1.27. The van der Waals surface area contributed by atoms with Crippen molar-refractivity contribution in [2.24, 2.45) is 5.92 Å². The molecule has 0 radical (unpaired) electrons. The fraction of sp³-hybridized carbons (Fsp3) is 0.500. The lowest BCUT2D eigenvalue weighted by molar-refractivity contribution is -0.120. The van der Waals surface area contributed by atoms with Crippen molar-refractivity contribution >= 4 is 29.1 Å². The van der Waals surface area contributed by atoms with E-state index in [4.69, 9.17) is 23.2 Å². The number of amides is 1. The fourth-order valence-electron chi connectivity index (χ4n) is 1.67. The Morgan fingerprint density at radius 1 is 1.28 bits per heavy atom. The zero-order valence-corrected chi connectivity index (χ0v) is 12.3. The molecule has 0 aliphatic heterocycles. The van der Waals surface area contributed by atoms with Crippen LogP contribution in [0.2, 0.25) is 5.02 Å². The minimum atomic E-state index is -0.00766. The molecule has 1 amide bonds. The van der Waals surface area contributed by atoms with Crippen LogP contribution in [0.1, 0.15) is 25.8 Å². The van der Waals surface area contributed by atoms with Crippen LogP contribution in [0.4, 0.5) is 0 Å². The Hall–Kier alpha value is -0.730. The van der Waals surface area contributed by atoms with Crippen LogP contribution in [-0.4, -0.2) is 17.8 Å². The third kappa shape index (κ3) is 6.27. The van der Waals surface area contributed by atoms with Crippen LogP contribution < -0.4 is 5.32 Å². The summed E-state index contributed by atoms with van der Waals surface area (Å²) in [5, 5.41) is 3.52. The minimum absolute atomic E-state index is 0.000771. The third-order valence-electron chi connectivity index (χ3n) is 2.53. The number of benzene rings is 1. The number of rotatable bonds is 6. The second-order valence-corrected chi connectivity index (χ2v) is 5.89. The largest absolute Gasteiger partial charge is 0.354 e. The van der Waals surface area contributed by atoms with E-state index in [1.807, 2.05) is 12.1 Å². The first-order chi connectivity index (χ1) is 8.47. The molecule has 1 unspecified atom stereocenters. The zero-order chi connectivity index (χ0) is 13.5. The Morgan fingerprint density at radius 2 is 1.89 bits per heavy atom. The highest BCUT2D eigenvalue weighted by Gasteiger charge is 2.09. The molecule has 0 bridgehead atoms. The average Bonchev–Trinajstić information content (AvgIpc) is 2.29. The molecule has 1 aromatic carbocycles. The molecule has 0 aromatic heterocycles. The number of halogens is 2. The van der Waals surface area contributed by atoms with Crippen LogP contribution in [-0.2, 0) is 11.2 Å². The first kappa shape index (κ1) is 15.3. The van der Waals surface area contributed by atoms with E-state index >= 15 is 0 Å². The van der Waals surface area contributed by atoms with Gasteiger partial charge in [-0.05, 0) is 30.0 Å². The fourth-order valence-corrected chi connectivity index (χ4v) is 2.23. The summed E-state index contributed by atoms with van der Waals surface area (Å²) in [6.45, 7) is 4.75. The Morgan fingerprint density at radius 3 is 2.44 bits per heavy atom. The molecule has 0 heterocycles. The molecule has 4 heteroatoms. The number of nitrogens with one attached hydrogen (secondary N) is 1. The lowest BCUT2D eigenvalue weighted by atomic mass is 10.1. The predicted octanol–water partition coefficient (Wildman–Crippen LogP) is 3.65. The quantitative estimate of drug-likeness (QED) is 0.795. The zero-order valence-electron chi connectivity index (χ0n) is 10.7. The van der Waals surface area contributed by atoms with Crippen LogP contribution in [0.15, 0.2) is 24.3 Å². The number of hydrogen-bond acceptors (Lipinski definition) is 1. The highest BCUT2D eigenvalue weighted by molar-refractivity contribution is 6.30. The molecule has 0 saturated carbocycles. The maximum absolute atomic E-state index is 11.7. The highest BCUT2D eigenvalue weighted by Crippen LogP contribution is 2.11. The minimum Gasteiger partial charge on any atom is -0.354 e. The summed E-state index contributed by atoms with van der Waals surface area (Å²) in [5.74, 6) is 0.535. The molecule has 1 atom stereocenters. The van der Waals surface area contributed by atoms with E-state index in [1.165, 1.54) is 0 Å². The summed E-state index contributed by atoms with van der Waals surface area (Å²) >= 11 is 11.9. The molecule has 1 aromatic rings. The van der Waals surface area contributed by atoms with Gasteiger partial charge in [-0.15, -0.1) is 11.6 Å². The Kier molecular flexibility index (Phi) is 6.51. The third-order valence-corrected chi connectivity index (χ3v) is 3.11. The smallest absolute Gasteiger partial charge is 0.224 e. The van der Waals surface area contributed by atoms with E-state index in [0.29, 0.717) is 23.9 Å². The van der Waals surface area contributed by atoms with Gasteiger partial charge in [0.2, 0.25) is 5.91 Å². The normalized spacial score (nSPS) is 12.5. The first-order valence-corrected chi connectivity index (χ1v) is 6.94. The number of alkyl halides is 1. The number of carbonyl (C=O) groups excluding carboxylic acids is 1. The molecule has 0 saturated heterocycles. The van der Waals surface area contributed by atoms with Gasteiger partial charge >= 0.3 is 0 Å². The van der Waals surface area contributed by atoms with Crippen molar-refractivity contribution in [2.75, 3.05) is 6.54 Å². The van der Waals surface area contributed by atoms with Crippen molar-refractivity contribution in [1.29, 1.82) is 0 Å². The molecule has 0 aliphatic rings. The molecule has 100 valence electrons. The average molecular weight is 288 g/mol. The van der Waals surface area contributed by atoms with Gasteiger partial charge in [-0.1, -0.05) is 37.6 Å². The van der Waals surface area contributed by atoms with Gasteiger partial charge in [-0.2, -0.15) is 0 Å². The van der Waals surface area contributed by atoms with Crippen molar-refractivity contribution in [3.8, 4) is 0 Å². The second-order valence-electron chi connectivity index (χ2n) is 4.83. The summed E-state index contributed by atoms with van der Waals surface area (Å²) in [7, 11) is 0. The number of carbonyl (C=O) groups is 1. The molecule has 0 fully saturated rings. The monoisotopic (exact) mass is 287 g/mol. The number of hydrogen-bond donors (Lipinski definition) is 1. The van der Waals surface area contributed by atoms with Gasteiger partial charge in [0.15, 0.2) is 0 Å². The van der Waals surface area contributed by atoms with E-state index < -0.39 is 0 Å². The van der Waals surface area contributed by atoms with Crippen molar-refractivity contribution in [3.05, 3.63) is 34.9 Å². The highest BCUT2D eigenvalue weighted by atomic mass is 35.5. The van der Waals surface area contributed by atoms with Crippen molar-refractivity contribution in [3.63, 3.8) is 0 Å². The second kappa shape index (κ2) is 7.65. The van der Waals surface area contributed by atoms with Crippen molar-refractivity contribution in [2.45, 2.75) is 32.1 Å². The molecule has 18 heavy (non-hydrogen) atoms. The predicted molar refractivity (Wildman–Crippen MR) is 77.3 cm³/mol. The molecular weight excluding hydrogens is 269 g/mol. The van der Waals surface area contributed by atoms with E-state index in [-0.39, 0.29) is 11.3 Å². The Labute approximate surface area is 119 Å². The van der Waals surface area contributed by atoms with Crippen molar-refractivity contribution < 1.29 is 4.79 Å². The molecule has 2 nitrogen and oxygen atoms in total. The maximum Gasteiger partial charge on any atom is 0.224 e. The van der Waals surface area contributed by atoms with Crippen LogP contribution in [0.25, 0.3) is 0 Å². The topological polar surface area (TPSA) is 29.1 Å².